The van der Waals surface area contributed by atoms with Crippen LogP contribution in [0.1, 0.15) is 57.7 Å². The molecule has 1 unspecified atom stereocenters. The van der Waals surface area contributed by atoms with Crippen molar-refractivity contribution in [3.05, 3.63) is 132 Å². The van der Waals surface area contributed by atoms with E-state index in [1.54, 1.807) is 6.08 Å². The first-order valence-electron chi connectivity index (χ1n) is 13.7. The standard InChI is InChI=1S/C34H33Br2NO3S/c1-23-11-13-26(14-12-23)22-40-34-20-29-10-6-9-28(17-27-18-31(35)24(2)32(36)19-27)30(29)21-33(34)37-41(38,39)16-15-25-7-4-3-5-8-25/h3-5,7-8,11-16,18-21,28,37H,6,9-10,17,22H2,1-2H3/b16-15+. The average Bonchev–Trinajstić information content (AvgIpc) is 2.95. The zero-order chi connectivity index (χ0) is 29.0. The minimum atomic E-state index is -3.79. The SMILES string of the molecule is Cc1ccc(COc2cc3c(cc2NS(=O)(=O)/C=C/c2ccccc2)C(Cc2cc(Br)c(C)c(Br)c2)CCC3)cc1. The van der Waals surface area contributed by atoms with Crippen molar-refractivity contribution in [1.29, 1.82) is 0 Å². The smallest absolute Gasteiger partial charge is 0.255 e. The Kier molecular flexibility index (Phi) is 9.37. The Morgan fingerprint density at radius 2 is 1.63 bits per heavy atom. The van der Waals surface area contributed by atoms with Crippen LogP contribution >= 0.6 is 31.9 Å². The van der Waals surface area contributed by atoms with E-state index in [9.17, 15) is 8.42 Å². The molecule has 0 saturated carbocycles. The van der Waals surface area contributed by atoms with Crippen molar-refractivity contribution in [2.75, 3.05) is 4.72 Å². The van der Waals surface area contributed by atoms with Gasteiger partial charge >= 0.3 is 0 Å². The number of rotatable bonds is 9. The average molecular weight is 696 g/mol. The molecular formula is C34H33Br2NO3S. The number of hydrogen-bond acceptors (Lipinski definition) is 3. The van der Waals surface area contributed by atoms with E-state index < -0.39 is 10.0 Å². The summed E-state index contributed by atoms with van der Waals surface area (Å²) in [6.07, 6.45) is 5.53. The molecule has 4 nitrogen and oxygen atoms in total. The quantitative estimate of drug-likeness (QED) is 0.190. The number of hydrogen-bond donors (Lipinski definition) is 1. The van der Waals surface area contributed by atoms with Gasteiger partial charge in [0, 0.05) is 8.95 Å². The summed E-state index contributed by atoms with van der Waals surface area (Å²) in [5, 5.41) is 1.21. The maximum atomic E-state index is 13.2. The highest BCUT2D eigenvalue weighted by atomic mass is 79.9. The van der Waals surface area contributed by atoms with Gasteiger partial charge in [0.1, 0.15) is 12.4 Å². The van der Waals surface area contributed by atoms with Crippen LogP contribution in [-0.4, -0.2) is 8.42 Å². The summed E-state index contributed by atoms with van der Waals surface area (Å²) in [6.45, 7) is 4.48. The summed E-state index contributed by atoms with van der Waals surface area (Å²) in [6, 6.07) is 26.0. The van der Waals surface area contributed by atoms with Gasteiger partial charge in [-0.05, 0) is 109 Å². The monoisotopic (exact) mass is 693 g/mol. The molecule has 0 heterocycles. The fourth-order valence-corrected chi connectivity index (χ4v) is 7.36. The molecule has 0 spiro atoms. The second-order valence-corrected chi connectivity index (χ2v) is 13.9. The molecule has 4 aromatic rings. The van der Waals surface area contributed by atoms with Crippen molar-refractivity contribution in [2.24, 2.45) is 0 Å². The molecule has 0 amide bonds. The molecule has 0 bridgehead atoms. The molecule has 1 N–H and O–H groups in total. The number of benzene rings is 4. The Morgan fingerprint density at radius 1 is 0.927 bits per heavy atom. The normalized spacial score (nSPS) is 15.1. The van der Waals surface area contributed by atoms with Gasteiger partial charge in [-0.3, -0.25) is 4.72 Å². The number of fused-ring (bicyclic) bond motifs is 1. The lowest BCUT2D eigenvalue weighted by molar-refractivity contribution is 0.307. The lowest BCUT2D eigenvalue weighted by Crippen LogP contribution is -2.16. The Bertz CT molecular complexity index is 1640. The largest absolute Gasteiger partial charge is 0.487 e. The van der Waals surface area contributed by atoms with Gasteiger partial charge < -0.3 is 4.74 Å². The molecule has 1 aliphatic rings. The molecule has 0 saturated heterocycles. The van der Waals surface area contributed by atoms with E-state index in [0.29, 0.717) is 18.0 Å². The molecular weight excluding hydrogens is 662 g/mol. The van der Waals surface area contributed by atoms with Crippen LogP contribution in [0.4, 0.5) is 5.69 Å². The van der Waals surface area contributed by atoms with Gasteiger partial charge in [-0.25, -0.2) is 8.42 Å². The predicted molar refractivity (Wildman–Crippen MR) is 176 cm³/mol. The van der Waals surface area contributed by atoms with E-state index in [4.69, 9.17) is 4.74 Å². The van der Waals surface area contributed by atoms with Crippen molar-refractivity contribution < 1.29 is 13.2 Å². The third-order valence-corrected chi connectivity index (χ3v) is 10.2. The highest BCUT2D eigenvalue weighted by Gasteiger charge is 2.25. The molecule has 5 rings (SSSR count). The van der Waals surface area contributed by atoms with E-state index >= 15 is 0 Å². The number of sulfonamides is 1. The molecule has 7 heteroatoms. The van der Waals surface area contributed by atoms with Crippen LogP contribution < -0.4 is 9.46 Å². The van der Waals surface area contributed by atoms with Crippen LogP contribution in [0.25, 0.3) is 6.08 Å². The minimum absolute atomic E-state index is 0.273. The van der Waals surface area contributed by atoms with Crippen molar-refractivity contribution >= 4 is 53.6 Å². The lowest BCUT2D eigenvalue weighted by atomic mass is 9.79. The van der Waals surface area contributed by atoms with E-state index in [0.717, 1.165) is 45.8 Å². The summed E-state index contributed by atoms with van der Waals surface area (Å²) in [7, 11) is -3.79. The first-order chi connectivity index (χ1) is 19.7. The Hall–Kier alpha value is -2.87. The third kappa shape index (κ3) is 7.70. The number of aryl methyl sites for hydroxylation is 2. The fraction of sp³-hybridized carbons (Fsp3) is 0.235. The Morgan fingerprint density at radius 3 is 2.34 bits per heavy atom. The highest BCUT2D eigenvalue weighted by Crippen LogP contribution is 2.41. The Balaban J connectivity index is 1.47. The maximum Gasteiger partial charge on any atom is 0.255 e. The van der Waals surface area contributed by atoms with Gasteiger partial charge in [0.05, 0.1) is 11.1 Å². The fourth-order valence-electron chi connectivity index (χ4n) is 5.21. The van der Waals surface area contributed by atoms with Gasteiger partial charge in [-0.15, -0.1) is 0 Å². The molecule has 0 fully saturated rings. The van der Waals surface area contributed by atoms with Crippen molar-refractivity contribution in [2.45, 2.75) is 52.1 Å². The molecule has 0 aliphatic heterocycles. The van der Waals surface area contributed by atoms with Crippen LogP contribution in [0.3, 0.4) is 0 Å². The second-order valence-electron chi connectivity index (χ2n) is 10.7. The van der Waals surface area contributed by atoms with Crippen molar-refractivity contribution in [1.82, 2.24) is 0 Å². The summed E-state index contributed by atoms with van der Waals surface area (Å²) >= 11 is 7.38. The molecule has 41 heavy (non-hydrogen) atoms. The molecule has 212 valence electrons. The topological polar surface area (TPSA) is 55.4 Å². The van der Waals surface area contributed by atoms with Gasteiger partial charge in [-0.1, -0.05) is 92.0 Å². The number of anilines is 1. The summed E-state index contributed by atoms with van der Waals surface area (Å²) in [5.74, 6) is 0.817. The van der Waals surface area contributed by atoms with Gasteiger partial charge in [0.25, 0.3) is 10.0 Å². The lowest BCUT2D eigenvalue weighted by Gasteiger charge is -2.28. The van der Waals surface area contributed by atoms with E-state index in [-0.39, 0.29) is 5.92 Å². The van der Waals surface area contributed by atoms with E-state index in [1.807, 2.05) is 61.5 Å². The first-order valence-corrected chi connectivity index (χ1v) is 16.9. The summed E-state index contributed by atoms with van der Waals surface area (Å²) in [4.78, 5) is 0. The third-order valence-electron chi connectivity index (χ3n) is 7.51. The zero-order valence-corrected chi connectivity index (χ0v) is 27.2. The predicted octanol–water partition coefficient (Wildman–Crippen LogP) is 9.48. The van der Waals surface area contributed by atoms with Crippen molar-refractivity contribution in [3.63, 3.8) is 0 Å². The van der Waals surface area contributed by atoms with Crippen LogP contribution in [-0.2, 0) is 29.5 Å². The molecule has 1 atom stereocenters. The minimum Gasteiger partial charge on any atom is -0.487 e. The van der Waals surface area contributed by atoms with E-state index in [1.165, 1.54) is 33.2 Å². The number of nitrogens with one attached hydrogen (secondary N) is 1. The van der Waals surface area contributed by atoms with Crippen LogP contribution in [0, 0.1) is 13.8 Å². The zero-order valence-electron chi connectivity index (χ0n) is 23.2. The summed E-state index contributed by atoms with van der Waals surface area (Å²) in [5.41, 5.74) is 8.29. The van der Waals surface area contributed by atoms with E-state index in [2.05, 4.69) is 67.8 Å². The maximum absolute atomic E-state index is 13.2. The summed E-state index contributed by atoms with van der Waals surface area (Å²) < 4.78 is 37.7. The highest BCUT2D eigenvalue weighted by molar-refractivity contribution is 9.11. The number of ether oxygens (including phenoxy) is 1. The van der Waals surface area contributed by atoms with Gasteiger partial charge in [-0.2, -0.15) is 0 Å². The molecule has 1 aliphatic carbocycles. The van der Waals surface area contributed by atoms with Crippen molar-refractivity contribution in [3.8, 4) is 5.75 Å². The molecule has 0 radical (unpaired) electrons. The van der Waals surface area contributed by atoms with Gasteiger partial charge in [0.15, 0.2) is 0 Å². The molecule has 0 aromatic heterocycles. The van der Waals surface area contributed by atoms with Crippen LogP contribution in [0.5, 0.6) is 5.75 Å². The number of halogens is 2. The first kappa shape index (κ1) is 29.6. The Labute approximate surface area is 260 Å². The second kappa shape index (κ2) is 13.0. The van der Waals surface area contributed by atoms with Gasteiger partial charge in [0.2, 0.25) is 0 Å². The van der Waals surface area contributed by atoms with Crippen LogP contribution in [0.2, 0.25) is 0 Å². The molecule has 4 aromatic carbocycles. The van der Waals surface area contributed by atoms with Crippen LogP contribution in [0.15, 0.2) is 93.2 Å².